The molecule has 0 aromatic carbocycles. The first kappa shape index (κ1) is 16.7. The number of hydrogen-bond acceptors (Lipinski definition) is 4. The molecule has 1 aliphatic heterocycles. The van der Waals surface area contributed by atoms with Crippen LogP contribution in [0.1, 0.15) is 44.9 Å². The summed E-state index contributed by atoms with van der Waals surface area (Å²) in [6.45, 7) is 10.6. The van der Waals surface area contributed by atoms with Crippen molar-refractivity contribution in [3.63, 3.8) is 0 Å². The number of hydrogen-bond donors (Lipinski definition) is 1. The molecule has 1 atom stereocenters. The van der Waals surface area contributed by atoms with Crippen molar-refractivity contribution >= 4 is 28.9 Å². The second-order valence-electron chi connectivity index (χ2n) is 6.43. The molecule has 0 amide bonds. The third-order valence-electron chi connectivity index (χ3n) is 4.00. The first-order valence-electron chi connectivity index (χ1n) is 6.87. The average Bonchev–Trinajstić information content (AvgIpc) is 2.53. The van der Waals surface area contributed by atoms with Gasteiger partial charge in [-0.1, -0.05) is 20.8 Å². The van der Waals surface area contributed by atoms with Crippen molar-refractivity contribution in [2.24, 2.45) is 11.3 Å². The van der Waals surface area contributed by atoms with Crippen LogP contribution in [0.5, 0.6) is 0 Å². The molecule has 3 nitrogen and oxygen atoms in total. The second-order valence-corrected chi connectivity index (χ2v) is 7.58. The standard InChI is InChI=1S/C14H25N3S.ClH/c1-14(2,3)11-5-4-7-17(8-6-11)10-12-9-16-13(15)18-12;/h9,11H,4-8,10H2,1-3H3,(H2,15,16);1H. The van der Waals surface area contributed by atoms with Crippen LogP contribution >= 0.6 is 23.7 Å². The van der Waals surface area contributed by atoms with E-state index in [4.69, 9.17) is 5.73 Å². The largest absolute Gasteiger partial charge is 0.375 e. The van der Waals surface area contributed by atoms with Crippen molar-refractivity contribution in [3.8, 4) is 0 Å². The number of anilines is 1. The third kappa shape index (κ3) is 4.93. The van der Waals surface area contributed by atoms with Crippen LogP contribution in [0.25, 0.3) is 0 Å². The summed E-state index contributed by atoms with van der Waals surface area (Å²) in [7, 11) is 0. The Hall–Kier alpha value is -0.320. The van der Waals surface area contributed by atoms with Crippen LogP contribution in [-0.4, -0.2) is 23.0 Å². The highest BCUT2D eigenvalue weighted by atomic mass is 35.5. The number of aromatic nitrogens is 1. The molecule has 1 saturated heterocycles. The monoisotopic (exact) mass is 303 g/mol. The maximum atomic E-state index is 5.68. The maximum Gasteiger partial charge on any atom is 0.180 e. The number of likely N-dealkylation sites (tertiary alicyclic amines) is 1. The van der Waals surface area contributed by atoms with Gasteiger partial charge < -0.3 is 5.73 Å². The summed E-state index contributed by atoms with van der Waals surface area (Å²) in [4.78, 5) is 7.98. The molecule has 1 aromatic heterocycles. The van der Waals surface area contributed by atoms with Crippen molar-refractivity contribution in [1.29, 1.82) is 0 Å². The number of halogens is 1. The molecule has 2 N–H and O–H groups in total. The minimum absolute atomic E-state index is 0. The van der Waals surface area contributed by atoms with Crippen molar-refractivity contribution < 1.29 is 0 Å². The van der Waals surface area contributed by atoms with Gasteiger partial charge in [-0.15, -0.1) is 23.7 Å². The lowest BCUT2D eigenvalue weighted by Crippen LogP contribution is -2.25. The van der Waals surface area contributed by atoms with Crippen LogP contribution in [0.15, 0.2) is 6.20 Å². The van der Waals surface area contributed by atoms with Crippen LogP contribution < -0.4 is 5.73 Å². The van der Waals surface area contributed by atoms with E-state index in [1.807, 2.05) is 6.20 Å². The molecule has 0 aliphatic carbocycles. The van der Waals surface area contributed by atoms with Crippen LogP contribution in [-0.2, 0) is 6.54 Å². The Morgan fingerprint density at radius 2 is 2.11 bits per heavy atom. The quantitative estimate of drug-likeness (QED) is 0.903. The Morgan fingerprint density at radius 3 is 2.68 bits per heavy atom. The van der Waals surface area contributed by atoms with Crippen molar-refractivity contribution in [2.45, 2.75) is 46.6 Å². The van der Waals surface area contributed by atoms with Gasteiger partial charge >= 0.3 is 0 Å². The van der Waals surface area contributed by atoms with Gasteiger partial charge in [0.1, 0.15) is 0 Å². The van der Waals surface area contributed by atoms with Crippen LogP contribution in [0, 0.1) is 11.3 Å². The molecular formula is C14H26ClN3S. The summed E-state index contributed by atoms with van der Waals surface area (Å²) >= 11 is 1.62. The van der Waals surface area contributed by atoms with Gasteiger partial charge in [-0.05, 0) is 43.7 Å². The highest BCUT2D eigenvalue weighted by Gasteiger charge is 2.27. The predicted octanol–water partition coefficient (Wildman–Crippen LogP) is 3.80. The lowest BCUT2D eigenvalue weighted by Gasteiger charge is -2.29. The van der Waals surface area contributed by atoms with E-state index in [0.717, 1.165) is 12.5 Å². The van der Waals surface area contributed by atoms with Crippen molar-refractivity contribution in [3.05, 3.63) is 11.1 Å². The normalized spacial score (nSPS) is 21.7. The zero-order valence-corrected chi connectivity index (χ0v) is 13.8. The molecule has 0 spiro atoms. The summed E-state index contributed by atoms with van der Waals surface area (Å²) in [5, 5.41) is 0.687. The smallest absolute Gasteiger partial charge is 0.180 e. The van der Waals surface area contributed by atoms with Crippen LogP contribution in [0.3, 0.4) is 0 Å². The number of nitrogens with two attached hydrogens (primary N) is 1. The maximum absolute atomic E-state index is 5.68. The number of nitrogens with zero attached hydrogens (tertiary/aromatic N) is 2. The van der Waals surface area contributed by atoms with Gasteiger partial charge in [0.25, 0.3) is 0 Å². The van der Waals surface area contributed by atoms with Gasteiger partial charge in [-0.3, -0.25) is 4.90 Å². The van der Waals surface area contributed by atoms with Gasteiger partial charge in [0.2, 0.25) is 0 Å². The van der Waals surface area contributed by atoms with Gasteiger partial charge in [-0.2, -0.15) is 0 Å². The van der Waals surface area contributed by atoms with E-state index in [9.17, 15) is 0 Å². The zero-order valence-electron chi connectivity index (χ0n) is 12.2. The summed E-state index contributed by atoms with van der Waals surface area (Å²) in [5.74, 6) is 0.856. The Kier molecular flexibility index (Phi) is 6.09. The molecule has 2 rings (SSSR count). The highest BCUT2D eigenvalue weighted by molar-refractivity contribution is 7.15. The van der Waals surface area contributed by atoms with Gasteiger partial charge in [0.05, 0.1) is 0 Å². The molecular weight excluding hydrogens is 278 g/mol. The number of thiazole rings is 1. The summed E-state index contributed by atoms with van der Waals surface area (Å²) < 4.78 is 0. The van der Waals surface area contributed by atoms with Crippen molar-refractivity contribution in [1.82, 2.24) is 9.88 Å². The second kappa shape index (κ2) is 6.91. The predicted molar refractivity (Wildman–Crippen MR) is 85.8 cm³/mol. The van der Waals surface area contributed by atoms with E-state index in [2.05, 4.69) is 30.7 Å². The minimum atomic E-state index is 0. The van der Waals surface area contributed by atoms with E-state index in [-0.39, 0.29) is 12.4 Å². The molecule has 2 heterocycles. The number of nitrogen functional groups attached to an aromatic ring is 1. The fourth-order valence-corrected chi connectivity index (χ4v) is 3.52. The molecule has 1 unspecified atom stereocenters. The molecule has 1 fully saturated rings. The molecule has 19 heavy (non-hydrogen) atoms. The molecule has 1 aliphatic rings. The van der Waals surface area contributed by atoms with E-state index >= 15 is 0 Å². The van der Waals surface area contributed by atoms with Gasteiger partial charge in [-0.25, -0.2) is 4.98 Å². The van der Waals surface area contributed by atoms with E-state index in [0.29, 0.717) is 10.5 Å². The van der Waals surface area contributed by atoms with E-state index in [1.165, 1.54) is 37.2 Å². The molecule has 0 radical (unpaired) electrons. The molecule has 0 bridgehead atoms. The summed E-state index contributed by atoms with van der Waals surface area (Å²) in [5.41, 5.74) is 6.13. The van der Waals surface area contributed by atoms with Gasteiger partial charge in [0, 0.05) is 17.6 Å². The summed E-state index contributed by atoms with van der Waals surface area (Å²) in [6.07, 6.45) is 5.92. The zero-order chi connectivity index (χ0) is 13.2. The first-order valence-corrected chi connectivity index (χ1v) is 7.69. The lowest BCUT2D eigenvalue weighted by atomic mass is 9.77. The third-order valence-corrected chi connectivity index (χ3v) is 4.81. The molecule has 0 saturated carbocycles. The van der Waals surface area contributed by atoms with E-state index in [1.54, 1.807) is 11.3 Å². The average molecular weight is 304 g/mol. The number of rotatable bonds is 2. The van der Waals surface area contributed by atoms with Crippen molar-refractivity contribution in [2.75, 3.05) is 18.8 Å². The first-order chi connectivity index (χ1) is 8.45. The van der Waals surface area contributed by atoms with Crippen LogP contribution in [0.4, 0.5) is 5.13 Å². The van der Waals surface area contributed by atoms with E-state index < -0.39 is 0 Å². The van der Waals surface area contributed by atoms with Gasteiger partial charge in [0.15, 0.2) is 5.13 Å². The summed E-state index contributed by atoms with van der Waals surface area (Å²) in [6, 6.07) is 0. The lowest BCUT2D eigenvalue weighted by molar-refractivity contribution is 0.207. The Labute approximate surface area is 127 Å². The molecule has 5 heteroatoms. The fraction of sp³-hybridized carbons (Fsp3) is 0.786. The Morgan fingerprint density at radius 1 is 1.37 bits per heavy atom. The van der Waals surface area contributed by atoms with Crippen LogP contribution in [0.2, 0.25) is 0 Å². The molecule has 110 valence electrons. The Bertz CT molecular complexity index is 386. The fourth-order valence-electron chi connectivity index (χ4n) is 2.80. The molecule has 1 aromatic rings. The topological polar surface area (TPSA) is 42.2 Å². The highest BCUT2D eigenvalue weighted by Crippen LogP contribution is 2.34. The minimum Gasteiger partial charge on any atom is -0.375 e. The Balaban J connectivity index is 0.00000180. The SMILES string of the molecule is CC(C)(C)C1CCCN(Cc2cnc(N)s2)CC1.Cl.